The summed E-state index contributed by atoms with van der Waals surface area (Å²) in [6, 6.07) is 0. The molecule has 0 aromatic carbocycles. The van der Waals surface area contributed by atoms with Gasteiger partial charge in [-0.3, -0.25) is 0 Å². The van der Waals surface area contributed by atoms with Gasteiger partial charge in [-0.25, -0.2) is 0 Å². The molecule has 0 rings (SSSR count). The Balaban J connectivity index is 2.72. The molecule has 0 aliphatic heterocycles. The summed E-state index contributed by atoms with van der Waals surface area (Å²) in [5.41, 5.74) is 0. The second kappa shape index (κ2) is 5.10. The Morgan fingerprint density at radius 1 is 1.62 bits per heavy atom. The first kappa shape index (κ1) is 7.96. The van der Waals surface area contributed by atoms with Crippen LogP contribution in [-0.4, -0.2) is 13.2 Å². The Bertz CT molecular complexity index is 41.7. The first-order valence-electron chi connectivity index (χ1n) is 3.18. The topological polar surface area (TPSA) is 9.23 Å². The van der Waals surface area contributed by atoms with Gasteiger partial charge in [0.25, 0.3) is 0 Å². The van der Waals surface area contributed by atoms with Gasteiger partial charge in [0.2, 0.25) is 0 Å². The van der Waals surface area contributed by atoms with E-state index in [4.69, 9.17) is 4.74 Å². The van der Waals surface area contributed by atoms with Crippen molar-refractivity contribution in [2.75, 3.05) is 13.2 Å². The zero-order valence-electron chi connectivity index (χ0n) is 5.81. The third kappa shape index (κ3) is 5.96. The molecule has 0 aliphatic rings. The maximum Gasteiger partial charge on any atom is 0.0491 e. The average Bonchev–Trinajstić information content (AvgIpc) is 1.66. The number of hydrogen-bond acceptors (Lipinski definition) is 1. The van der Waals surface area contributed by atoms with Crippen molar-refractivity contribution in [3.8, 4) is 0 Å². The number of ether oxygens (including phenoxy) is 1. The lowest BCUT2D eigenvalue weighted by atomic mass is 10.2. The van der Waals surface area contributed by atoms with Crippen LogP contribution in [0, 0.1) is 12.8 Å². The fourth-order valence-corrected chi connectivity index (χ4v) is 0.429. The standard InChI is InChI=1S/C7H15O/c1-4-5-8-6-7(2)3/h7H,2,4-6H2,1,3H3. The zero-order chi connectivity index (χ0) is 6.41. The molecule has 0 saturated heterocycles. The van der Waals surface area contributed by atoms with Crippen LogP contribution < -0.4 is 0 Å². The minimum atomic E-state index is 0.432. The van der Waals surface area contributed by atoms with Crippen molar-refractivity contribution in [2.45, 2.75) is 20.3 Å². The van der Waals surface area contributed by atoms with Crippen molar-refractivity contribution in [3.05, 3.63) is 6.92 Å². The van der Waals surface area contributed by atoms with Crippen LogP contribution in [0.3, 0.4) is 0 Å². The van der Waals surface area contributed by atoms with E-state index in [1.165, 1.54) is 0 Å². The highest BCUT2D eigenvalue weighted by Crippen LogP contribution is 1.91. The molecule has 0 bridgehead atoms. The van der Waals surface area contributed by atoms with Crippen LogP contribution in [0.15, 0.2) is 0 Å². The van der Waals surface area contributed by atoms with Gasteiger partial charge >= 0.3 is 0 Å². The van der Waals surface area contributed by atoms with E-state index in [1.807, 2.05) is 0 Å². The van der Waals surface area contributed by atoms with E-state index in [1.54, 1.807) is 0 Å². The van der Waals surface area contributed by atoms with Gasteiger partial charge in [-0.15, -0.1) is 0 Å². The fraction of sp³-hybridized carbons (Fsp3) is 0.857. The highest BCUT2D eigenvalue weighted by molar-refractivity contribution is 4.49. The molecule has 49 valence electrons. The second-order valence-corrected chi connectivity index (χ2v) is 2.18. The molecule has 1 nitrogen and oxygen atoms in total. The summed E-state index contributed by atoms with van der Waals surface area (Å²) in [5, 5.41) is 0. The van der Waals surface area contributed by atoms with Gasteiger partial charge in [-0.1, -0.05) is 13.8 Å². The molecule has 0 heterocycles. The van der Waals surface area contributed by atoms with Gasteiger partial charge in [0.1, 0.15) is 0 Å². The van der Waals surface area contributed by atoms with Crippen LogP contribution in [0.2, 0.25) is 0 Å². The van der Waals surface area contributed by atoms with E-state index in [-0.39, 0.29) is 0 Å². The third-order valence-corrected chi connectivity index (χ3v) is 0.751. The molecule has 1 heteroatoms. The monoisotopic (exact) mass is 115 g/mol. The van der Waals surface area contributed by atoms with Gasteiger partial charge in [0.15, 0.2) is 0 Å². The maximum absolute atomic E-state index is 5.18. The molecule has 0 N–H and O–H groups in total. The molecule has 1 unspecified atom stereocenters. The summed E-state index contributed by atoms with van der Waals surface area (Å²) in [4.78, 5) is 0. The molecule has 1 atom stereocenters. The van der Waals surface area contributed by atoms with Gasteiger partial charge in [-0.05, 0) is 19.3 Å². The molecular formula is C7H15O. The van der Waals surface area contributed by atoms with E-state index in [2.05, 4.69) is 20.8 Å². The van der Waals surface area contributed by atoms with E-state index in [9.17, 15) is 0 Å². The van der Waals surface area contributed by atoms with Crippen LogP contribution in [0.25, 0.3) is 0 Å². The lowest BCUT2D eigenvalue weighted by Crippen LogP contribution is -2.02. The predicted octanol–water partition coefficient (Wildman–Crippen LogP) is 1.88. The van der Waals surface area contributed by atoms with E-state index in [0.29, 0.717) is 5.92 Å². The summed E-state index contributed by atoms with van der Waals surface area (Å²) >= 11 is 0. The molecule has 0 aromatic rings. The largest absolute Gasteiger partial charge is 0.381 e. The Morgan fingerprint density at radius 2 is 2.25 bits per heavy atom. The Hall–Kier alpha value is -0.0400. The molecule has 0 aromatic heterocycles. The molecule has 1 radical (unpaired) electrons. The lowest BCUT2D eigenvalue weighted by Gasteiger charge is -2.03. The van der Waals surface area contributed by atoms with Crippen LogP contribution in [0.4, 0.5) is 0 Å². The second-order valence-electron chi connectivity index (χ2n) is 2.18. The van der Waals surface area contributed by atoms with Gasteiger partial charge in [0, 0.05) is 13.2 Å². The fourth-order valence-electron chi connectivity index (χ4n) is 0.429. The Labute approximate surface area is 52.0 Å². The van der Waals surface area contributed by atoms with Crippen molar-refractivity contribution in [3.63, 3.8) is 0 Å². The van der Waals surface area contributed by atoms with Crippen LogP contribution in [-0.2, 0) is 4.74 Å². The molecule has 0 amide bonds. The molecule has 0 saturated carbocycles. The first-order valence-corrected chi connectivity index (χ1v) is 3.18. The quantitative estimate of drug-likeness (QED) is 0.508. The lowest BCUT2D eigenvalue weighted by molar-refractivity contribution is 0.117. The van der Waals surface area contributed by atoms with E-state index < -0.39 is 0 Å². The van der Waals surface area contributed by atoms with Gasteiger partial charge in [-0.2, -0.15) is 0 Å². The van der Waals surface area contributed by atoms with Gasteiger partial charge < -0.3 is 4.74 Å². The number of rotatable bonds is 4. The Morgan fingerprint density at radius 3 is 2.62 bits per heavy atom. The van der Waals surface area contributed by atoms with Crippen molar-refractivity contribution in [2.24, 2.45) is 5.92 Å². The first-order chi connectivity index (χ1) is 3.77. The molecule has 0 fully saturated rings. The van der Waals surface area contributed by atoms with Crippen molar-refractivity contribution in [1.82, 2.24) is 0 Å². The summed E-state index contributed by atoms with van der Waals surface area (Å²) in [7, 11) is 0. The zero-order valence-corrected chi connectivity index (χ0v) is 5.81. The average molecular weight is 115 g/mol. The van der Waals surface area contributed by atoms with Crippen molar-refractivity contribution >= 4 is 0 Å². The van der Waals surface area contributed by atoms with E-state index >= 15 is 0 Å². The molecule has 0 aliphatic carbocycles. The summed E-state index contributed by atoms with van der Waals surface area (Å²) in [5.74, 6) is 0.432. The van der Waals surface area contributed by atoms with Gasteiger partial charge in [0.05, 0.1) is 0 Å². The van der Waals surface area contributed by atoms with Crippen molar-refractivity contribution < 1.29 is 4.74 Å². The normalized spacial score (nSPS) is 10.5. The highest BCUT2D eigenvalue weighted by Gasteiger charge is 1.90. The van der Waals surface area contributed by atoms with Crippen LogP contribution >= 0.6 is 0 Å². The third-order valence-electron chi connectivity index (χ3n) is 0.751. The maximum atomic E-state index is 5.18. The molecular weight excluding hydrogens is 100 g/mol. The van der Waals surface area contributed by atoms with E-state index in [0.717, 1.165) is 19.6 Å². The predicted molar refractivity (Wildman–Crippen MR) is 35.6 cm³/mol. The number of hydrogen-bond donors (Lipinski definition) is 0. The Kier molecular flexibility index (Phi) is 5.08. The van der Waals surface area contributed by atoms with Crippen LogP contribution in [0.5, 0.6) is 0 Å². The molecule has 0 spiro atoms. The summed E-state index contributed by atoms with van der Waals surface area (Å²) in [6.07, 6.45) is 1.10. The molecule has 8 heavy (non-hydrogen) atoms. The smallest absolute Gasteiger partial charge is 0.0491 e. The van der Waals surface area contributed by atoms with Crippen LogP contribution in [0.1, 0.15) is 20.3 Å². The minimum Gasteiger partial charge on any atom is -0.381 e. The SMILES string of the molecule is [CH2]C(C)COCCC. The summed E-state index contributed by atoms with van der Waals surface area (Å²) < 4.78 is 5.18. The highest BCUT2D eigenvalue weighted by atomic mass is 16.5. The summed E-state index contributed by atoms with van der Waals surface area (Å²) in [6.45, 7) is 9.62. The minimum absolute atomic E-state index is 0.432. The van der Waals surface area contributed by atoms with Crippen molar-refractivity contribution in [1.29, 1.82) is 0 Å².